The highest BCUT2D eigenvalue weighted by molar-refractivity contribution is 5.45. The average Bonchev–Trinajstić information content (AvgIpc) is 2.30. The van der Waals surface area contributed by atoms with Crippen molar-refractivity contribution in [2.45, 2.75) is 33.6 Å². The number of benzene rings is 1. The highest BCUT2D eigenvalue weighted by Gasteiger charge is 2.10. The minimum Gasteiger partial charge on any atom is -0.492 e. The Balaban J connectivity index is 2.63. The molecule has 0 bridgehead atoms. The summed E-state index contributed by atoms with van der Waals surface area (Å²) < 4.78 is 5.78. The molecule has 1 aromatic rings. The molecule has 0 aliphatic carbocycles. The second-order valence-electron chi connectivity index (χ2n) is 5.43. The maximum absolute atomic E-state index is 8.71. The third-order valence-electron chi connectivity index (χ3n) is 2.46. The van der Waals surface area contributed by atoms with Gasteiger partial charge in [0.1, 0.15) is 5.75 Å². The molecule has 0 heterocycles. The lowest BCUT2D eigenvalue weighted by molar-refractivity contribution is 0.242. The van der Waals surface area contributed by atoms with Gasteiger partial charge in [-0.15, -0.1) is 0 Å². The first-order chi connectivity index (χ1) is 8.53. The maximum Gasteiger partial charge on any atom is 0.134 e. The zero-order chi connectivity index (χ0) is 13.4. The van der Waals surface area contributed by atoms with Gasteiger partial charge in [0.05, 0.1) is 18.8 Å². The van der Waals surface area contributed by atoms with Crippen molar-refractivity contribution in [1.29, 1.82) is 0 Å². The van der Waals surface area contributed by atoms with Crippen molar-refractivity contribution in [1.82, 2.24) is 0 Å². The van der Waals surface area contributed by atoms with Crippen molar-refractivity contribution >= 4 is 0 Å². The summed E-state index contributed by atoms with van der Waals surface area (Å²) >= 11 is 0. The Labute approximate surface area is 110 Å². The monoisotopic (exact) mass is 246 g/mol. The number of aliphatic hydroxyl groups is 1. The molecule has 98 valence electrons. The van der Waals surface area contributed by atoms with Crippen molar-refractivity contribution in [3.63, 3.8) is 0 Å². The summed E-state index contributed by atoms with van der Waals surface area (Å²) in [5, 5.41) is 8.71. The number of hydrogen-bond donors (Lipinski definition) is 1. The van der Waals surface area contributed by atoms with Crippen LogP contribution in [0.4, 0.5) is 0 Å². The first-order valence-electron chi connectivity index (χ1n) is 6.34. The lowest BCUT2D eigenvalue weighted by Gasteiger charge is -2.18. The Morgan fingerprint density at radius 1 is 1.22 bits per heavy atom. The Hall–Kier alpha value is -1.46. The molecular formula is C16H22O2. The Kier molecular flexibility index (Phi) is 5.74. The van der Waals surface area contributed by atoms with E-state index in [-0.39, 0.29) is 12.0 Å². The predicted molar refractivity (Wildman–Crippen MR) is 74.6 cm³/mol. The van der Waals surface area contributed by atoms with Gasteiger partial charge >= 0.3 is 0 Å². The Bertz CT molecular complexity index is 419. The van der Waals surface area contributed by atoms with Gasteiger partial charge in [0.15, 0.2) is 0 Å². The number of rotatable bonds is 4. The van der Waals surface area contributed by atoms with Gasteiger partial charge in [0.2, 0.25) is 0 Å². The highest BCUT2D eigenvalue weighted by Crippen LogP contribution is 2.21. The molecule has 0 atom stereocenters. The summed E-state index contributed by atoms with van der Waals surface area (Å²) in [6, 6.07) is 7.77. The van der Waals surface area contributed by atoms with Crippen LogP contribution in [0.5, 0.6) is 5.75 Å². The lowest BCUT2D eigenvalue weighted by atomic mass is 9.93. The van der Waals surface area contributed by atoms with E-state index in [9.17, 15) is 0 Å². The fourth-order valence-corrected chi connectivity index (χ4v) is 1.38. The van der Waals surface area contributed by atoms with E-state index in [1.54, 1.807) is 0 Å². The molecule has 0 spiro atoms. The largest absolute Gasteiger partial charge is 0.492 e. The zero-order valence-electron chi connectivity index (χ0n) is 11.5. The van der Waals surface area contributed by atoms with Crippen LogP contribution in [-0.4, -0.2) is 18.3 Å². The Morgan fingerprint density at radius 2 is 1.94 bits per heavy atom. The maximum atomic E-state index is 8.71. The van der Waals surface area contributed by atoms with Gasteiger partial charge in [-0.1, -0.05) is 44.7 Å². The number of ether oxygens (including phenoxy) is 1. The quantitative estimate of drug-likeness (QED) is 0.826. The second kappa shape index (κ2) is 7.08. The van der Waals surface area contributed by atoms with E-state index in [4.69, 9.17) is 9.84 Å². The predicted octanol–water partition coefficient (Wildman–Crippen LogP) is 3.24. The number of para-hydroxylation sites is 1. The van der Waals surface area contributed by atoms with E-state index < -0.39 is 0 Å². The van der Waals surface area contributed by atoms with Crippen molar-refractivity contribution < 1.29 is 9.84 Å². The van der Waals surface area contributed by atoms with Gasteiger partial charge in [-0.2, -0.15) is 0 Å². The van der Waals surface area contributed by atoms with E-state index in [0.29, 0.717) is 13.0 Å². The fraction of sp³-hybridized carbons (Fsp3) is 0.500. The molecule has 2 heteroatoms. The first-order valence-corrected chi connectivity index (χ1v) is 6.34. The molecule has 1 N–H and O–H groups in total. The molecule has 2 nitrogen and oxygen atoms in total. The van der Waals surface area contributed by atoms with Crippen LogP contribution in [0.25, 0.3) is 0 Å². The number of hydrogen-bond acceptors (Lipinski definition) is 2. The fourth-order valence-electron chi connectivity index (χ4n) is 1.38. The minimum atomic E-state index is 0.0973. The van der Waals surface area contributed by atoms with Gasteiger partial charge in [-0.25, -0.2) is 0 Å². The molecule has 0 unspecified atom stereocenters. The van der Waals surface area contributed by atoms with Crippen LogP contribution in [0, 0.1) is 17.3 Å². The van der Waals surface area contributed by atoms with Crippen molar-refractivity contribution in [2.24, 2.45) is 5.41 Å². The lowest BCUT2D eigenvalue weighted by Crippen LogP contribution is -2.11. The van der Waals surface area contributed by atoms with E-state index in [0.717, 1.165) is 17.7 Å². The summed E-state index contributed by atoms with van der Waals surface area (Å²) in [6.07, 6.45) is 1.50. The van der Waals surface area contributed by atoms with E-state index in [2.05, 4.69) is 32.6 Å². The molecule has 0 fully saturated rings. The van der Waals surface area contributed by atoms with Crippen LogP contribution >= 0.6 is 0 Å². The van der Waals surface area contributed by atoms with Crippen molar-refractivity contribution in [3.8, 4) is 17.6 Å². The zero-order valence-corrected chi connectivity index (χ0v) is 11.5. The normalized spacial score (nSPS) is 10.7. The van der Waals surface area contributed by atoms with Crippen LogP contribution in [0.3, 0.4) is 0 Å². The molecule has 0 aliphatic rings. The molecule has 0 amide bonds. The van der Waals surface area contributed by atoms with Crippen molar-refractivity contribution in [3.05, 3.63) is 29.8 Å². The van der Waals surface area contributed by atoms with Crippen LogP contribution in [0.1, 0.15) is 39.2 Å². The molecule has 0 saturated heterocycles. The molecule has 1 rings (SSSR count). The summed E-state index contributed by atoms with van der Waals surface area (Å²) in [4.78, 5) is 0. The highest BCUT2D eigenvalue weighted by atomic mass is 16.5. The average molecular weight is 246 g/mol. The third kappa shape index (κ3) is 5.75. The van der Waals surface area contributed by atoms with Gasteiger partial charge in [-0.05, 0) is 24.0 Å². The standard InChI is InChI=1S/C16H22O2/c1-16(2,3)11-13-18-15-10-5-4-8-14(15)9-6-7-12-17/h4-5,8,10,17H,7,11-13H2,1-3H3. The molecular weight excluding hydrogens is 224 g/mol. The Morgan fingerprint density at radius 3 is 2.61 bits per heavy atom. The minimum absolute atomic E-state index is 0.0973. The molecule has 1 aromatic carbocycles. The second-order valence-corrected chi connectivity index (χ2v) is 5.43. The van der Waals surface area contributed by atoms with Gasteiger partial charge in [-0.3, -0.25) is 0 Å². The molecule has 0 saturated carbocycles. The van der Waals surface area contributed by atoms with Crippen LogP contribution in [0.2, 0.25) is 0 Å². The topological polar surface area (TPSA) is 29.5 Å². The van der Waals surface area contributed by atoms with E-state index >= 15 is 0 Å². The number of aliphatic hydroxyl groups excluding tert-OH is 1. The smallest absolute Gasteiger partial charge is 0.134 e. The summed E-state index contributed by atoms with van der Waals surface area (Å²) in [7, 11) is 0. The summed E-state index contributed by atoms with van der Waals surface area (Å²) in [5.74, 6) is 6.77. The van der Waals surface area contributed by atoms with Crippen LogP contribution < -0.4 is 4.74 Å². The van der Waals surface area contributed by atoms with E-state index in [1.165, 1.54) is 0 Å². The molecule has 0 aromatic heterocycles. The van der Waals surface area contributed by atoms with Crippen molar-refractivity contribution in [2.75, 3.05) is 13.2 Å². The molecule has 0 aliphatic heterocycles. The molecule has 18 heavy (non-hydrogen) atoms. The van der Waals surface area contributed by atoms with E-state index in [1.807, 2.05) is 24.3 Å². The van der Waals surface area contributed by atoms with Gasteiger partial charge in [0.25, 0.3) is 0 Å². The SMILES string of the molecule is CC(C)(C)CCOc1ccccc1C#CCCO. The van der Waals surface area contributed by atoms with Crippen LogP contribution in [0.15, 0.2) is 24.3 Å². The summed E-state index contributed by atoms with van der Waals surface area (Å²) in [6.45, 7) is 7.39. The molecule has 0 radical (unpaired) electrons. The first kappa shape index (κ1) is 14.6. The van der Waals surface area contributed by atoms with Gasteiger partial charge < -0.3 is 9.84 Å². The van der Waals surface area contributed by atoms with Crippen LogP contribution in [-0.2, 0) is 0 Å². The summed E-state index contributed by atoms with van der Waals surface area (Å²) in [5.41, 5.74) is 1.16. The van der Waals surface area contributed by atoms with Gasteiger partial charge in [0, 0.05) is 6.42 Å². The third-order valence-corrected chi connectivity index (χ3v) is 2.46.